The first-order valence-electron chi connectivity index (χ1n) is 6.18. The number of benzene rings is 1. The zero-order chi connectivity index (χ0) is 14.1. The van der Waals surface area contributed by atoms with Crippen molar-refractivity contribution < 1.29 is 19.3 Å². The average molecular weight is 277 g/mol. The highest BCUT2D eigenvalue weighted by Crippen LogP contribution is 2.43. The second-order valence-electron chi connectivity index (χ2n) is 4.56. The number of methoxy groups -OCH3 is 1. The van der Waals surface area contributed by atoms with E-state index in [-0.39, 0.29) is 6.79 Å². The van der Waals surface area contributed by atoms with E-state index in [1.807, 2.05) is 0 Å². The van der Waals surface area contributed by atoms with Crippen LogP contribution in [0.2, 0.25) is 0 Å². The van der Waals surface area contributed by atoms with Crippen LogP contribution in [0.3, 0.4) is 0 Å². The molecule has 0 spiro atoms. The highest BCUT2D eigenvalue weighted by molar-refractivity contribution is 5.55. The molecule has 1 aromatic heterocycles. The molecule has 0 amide bonds. The summed E-state index contributed by atoms with van der Waals surface area (Å²) in [5.41, 5.74) is 1.41. The van der Waals surface area contributed by atoms with Gasteiger partial charge in [0.1, 0.15) is 0 Å². The maximum atomic E-state index is 10.3. The van der Waals surface area contributed by atoms with Gasteiger partial charge < -0.3 is 19.3 Å². The van der Waals surface area contributed by atoms with E-state index in [1.165, 1.54) is 0 Å². The van der Waals surface area contributed by atoms with E-state index in [1.54, 1.807) is 37.2 Å². The van der Waals surface area contributed by atoms with Gasteiger partial charge in [-0.1, -0.05) is 5.21 Å². The van der Waals surface area contributed by atoms with Crippen molar-refractivity contribution in [2.45, 2.75) is 12.5 Å². The van der Waals surface area contributed by atoms with Crippen LogP contribution < -0.4 is 14.2 Å². The van der Waals surface area contributed by atoms with Crippen molar-refractivity contribution in [3.05, 3.63) is 29.6 Å². The van der Waals surface area contributed by atoms with Crippen LogP contribution in [0.25, 0.3) is 0 Å². The number of rotatable bonds is 4. The molecule has 0 aliphatic carbocycles. The van der Waals surface area contributed by atoms with Gasteiger partial charge in [0.15, 0.2) is 11.5 Å². The third kappa shape index (κ3) is 2.27. The minimum Gasteiger partial charge on any atom is -0.493 e. The first-order chi connectivity index (χ1) is 9.67. The van der Waals surface area contributed by atoms with Crippen molar-refractivity contribution in [3.63, 3.8) is 0 Å². The van der Waals surface area contributed by atoms with Gasteiger partial charge in [-0.3, -0.25) is 4.68 Å². The first-order valence-corrected chi connectivity index (χ1v) is 6.18. The Morgan fingerprint density at radius 2 is 2.30 bits per heavy atom. The molecule has 0 bridgehead atoms. The van der Waals surface area contributed by atoms with E-state index in [4.69, 9.17) is 14.2 Å². The summed E-state index contributed by atoms with van der Waals surface area (Å²) in [6, 6.07) is 3.50. The Morgan fingerprint density at radius 1 is 1.45 bits per heavy atom. The number of nitrogens with zero attached hydrogens (tertiary/aromatic N) is 3. The minimum atomic E-state index is -0.713. The smallest absolute Gasteiger partial charge is 0.231 e. The largest absolute Gasteiger partial charge is 0.493 e. The molecule has 2 aromatic rings. The number of ether oxygens (including phenoxy) is 3. The van der Waals surface area contributed by atoms with Gasteiger partial charge in [0.25, 0.3) is 0 Å². The zero-order valence-corrected chi connectivity index (χ0v) is 11.2. The van der Waals surface area contributed by atoms with Crippen LogP contribution in [0.1, 0.15) is 17.4 Å². The van der Waals surface area contributed by atoms with Crippen LogP contribution in [-0.4, -0.2) is 34.0 Å². The van der Waals surface area contributed by atoms with Crippen molar-refractivity contribution in [1.29, 1.82) is 0 Å². The molecule has 7 heteroatoms. The molecule has 1 aliphatic heterocycles. The molecule has 1 atom stereocenters. The molecule has 0 saturated heterocycles. The Kier molecular flexibility index (Phi) is 3.19. The van der Waals surface area contributed by atoms with Crippen LogP contribution in [0, 0.1) is 0 Å². The summed E-state index contributed by atoms with van der Waals surface area (Å²) in [7, 11) is 3.34. The predicted molar refractivity (Wildman–Crippen MR) is 68.8 cm³/mol. The molecule has 1 unspecified atom stereocenters. The fourth-order valence-electron chi connectivity index (χ4n) is 2.15. The fourth-order valence-corrected chi connectivity index (χ4v) is 2.15. The Labute approximate surface area is 115 Å². The lowest BCUT2D eigenvalue weighted by atomic mass is 10.0. The van der Waals surface area contributed by atoms with Crippen LogP contribution >= 0.6 is 0 Å². The first kappa shape index (κ1) is 12.7. The molecule has 0 saturated carbocycles. The highest BCUT2D eigenvalue weighted by atomic mass is 16.7. The van der Waals surface area contributed by atoms with Crippen LogP contribution in [-0.2, 0) is 13.5 Å². The van der Waals surface area contributed by atoms with E-state index in [0.717, 1.165) is 5.69 Å². The van der Waals surface area contributed by atoms with Crippen LogP contribution in [0.5, 0.6) is 17.2 Å². The number of aromatic nitrogens is 3. The summed E-state index contributed by atoms with van der Waals surface area (Å²) in [6.45, 7) is 0.162. The van der Waals surface area contributed by atoms with Crippen molar-refractivity contribution in [3.8, 4) is 17.2 Å². The van der Waals surface area contributed by atoms with Gasteiger partial charge in [0, 0.05) is 19.7 Å². The third-order valence-electron chi connectivity index (χ3n) is 3.12. The minimum absolute atomic E-state index is 0.162. The number of aryl methyl sites for hydroxylation is 1. The second-order valence-corrected chi connectivity index (χ2v) is 4.56. The summed E-state index contributed by atoms with van der Waals surface area (Å²) in [6.07, 6.45) is 1.43. The summed E-state index contributed by atoms with van der Waals surface area (Å²) < 4.78 is 17.5. The molecule has 3 rings (SSSR count). The number of aliphatic hydroxyl groups is 1. The van der Waals surface area contributed by atoms with E-state index < -0.39 is 6.10 Å². The third-order valence-corrected chi connectivity index (χ3v) is 3.12. The fraction of sp³-hybridized carbons (Fsp3) is 0.385. The lowest BCUT2D eigenvalue weighted by Gasteiger charge is -2.12. The monoisotopic (exact) mass is 277 g/mol. The number of hydrogen-bond acceptors (Lipinski definition) is 6. The van der Waals surface area contributed by atoms with E-state index in [9.17, 15) is 5.11 Å². The average Bonchev–Trinajstić information content (AvgIpc) is 3.06. The van der Waals surface area contributed by atoms with Crippen molar-refractivity contribution in [2.24, 2.45) is 7.05 Å². The number of fused-ring (bicyclic) bond motifs is 1. The SMILES string of the molecule is COc1cc(C(O)Cc2cn(C)nn2)cc2c1OCO2. The van der Waals surface area contributed by atoms with Gasteiger partial charge in [0.2, 0.25) is 12.5 Å². The van der Waals surface area contributed by atoms with Crippen LogP contribution in [0.4, 0.5) is 0 Å². The molecular formula is C13H15N3O4. The standard InChI is InChI=1S/C13H15N3O4/c1-16-6-9(14-15-16)5-10(17)8-3-11(18-2)13-12(4-8)19-7-20-13/h3-4,6,10,17H,5,7H2,1-2H3. The van der Waals surface area contributed by atoms with E-state index in [0.29, 0.717) is 29.2 Å². The highest BCUT2D eigenvalue weighted by Gasteiger charge is 2.22. The number of aliphatic hydroxyl groups excluding tert-OH is 1. The summed E-state index contributed by atoms with van der Waals surface area (Å²) in [4.78, 5) is 0. The normalized spacial score (nSPS) is 14.3. The molecule has 1 aliphatic rings. The molecule has 2 heterocycles. The van der Waals surface area contributed by atoms with Gasteiger partial charge in [-0.05, 0) is 17.7 Å². The summed E-state index contributed by atoms with van der Waals surface area (Å²) in [5, 5.41) is 18.1. The maximum absolute atomic E-state index is 10.3. The molecule has 0 fully saturated rings. The quantitative estimate of drug-likeness (QED) is 0.891. The van der Waals surface area contributed by atoms with E-state index in [2.05, 4.69) is 10.3 Å². The summed E-state index contributed by atoms with van der Waals surface area (Å²) in [5.74, 6) is 1.70. The summed E-state index contributed by atoms with van der Waals surface area (Å²) >= 11 is 0. The van der Waals surface area contributed by atoms with Gasteiger partial charge in [-0.25, -0.2) is 0 Å². The predicted octanol–water partition coefficient (Wildman–Crippen LogP) is 0.828. The Balaban J connectivity index is 1.86. The van der Waals surface area contributed by atoms with Crippen LogP contribution in [0.15, 0.2) is 18.3 Å². The van der Waals surface area contributed by atoms with Gasteiger partial charge in [-0.2, -0.15) is 0 Å². The molecule has 1 aromatic carbocycles. The van der Waals surface area contributed by atoms with E-state index >= 15 is 0 Å². The molecule has 0 radical (unpaired) electrons. The second kappa shape index (κ2) is 5.01. The van der Waals surface area contributed by atoms with Gasteiger partial charge in [-0.15, -0.1) is 5.10 Å². The molecule has 20 heavy (non-hydrogen) atoms. The van der Waals surface area contributed by atoms with Crippen molar-refractivity contribution in [2.75, 3.05) is 13.9 Å². The van der Waals surface area contributed by atoms with Gasteiger partial charge in [0.05, 0.1) is 18.9 Å². The Morgan fingerprint density at radius 3 is 3.00 bits per heavy atom. The topological polar surface area (TPSA) is 78.6 Å². The molecular weight excluding hydrogens is 262 g/mol. The zero-order valence-electron chi connectivity index (χ0n) is 11.2. The Hall–Kier alpha value is -2.28. The maximum Gasteiger partial charge on any atom is 0.231 e. The lowest BCUT2D eigenvalue weighted by molar-refractivity contribution is 0.170. The number of hydrogen-bond donors (Lipinski definition) is 1. The molecule has 1 N–H and O–H groups in total. The van der Waals surface area contributed by atoms with Crippen molar-refractivity contribution in [1.82, 2.24) is 15.0 Å². The van der Waals surface area contributed by atoms with Gasteiger partial charge >= 0.3 is 0 Å². The lowest BCUT2D eigenvalue weighted by Crippen LogP contribution is -2.03. The molecule has 106 valence electrons. The molecule has 7 nitrogen and oxygen atoms in total. The van der Waals surface area contributed by atoms with Crippen molar-refractivity contribution >= 4 is 0 Å². The Bertz CT molecular complexity index is 626.